The third-order valence-corrected chi connectivity index (χ3v) is 18.0. The fourth-order valence-corrected chi connectivity index (χ4v) is 13.2. The van der Waals surface area contributed by atoms with E-state index in [0.29, 0.717) is 15.7 Å². The van der Waals surface area contributed by atoms with E-state index >= 15 is 0 Å². The first-order valence-corrected chi connectivity index (χ1v) is 35.3. The molecule has 6 nitrogen and oxygen atoms in total. The summed E-state index contributed by atoms with van der Waals surface area (Å²) in [7, 11) is -3.48. The van der Waals surface area contributed by atoms with Crippen LogP contribution in [0.3, 0.4) is 0 Å². The lowest BCUT2D eigenvalue weighted by atomic mass is 9.77. The molecule has 4 aromatic heterocycles. The van der Waals surface area contributed by atoms with Crippen molar-refractivity contribution in [3.8, 4) is 11.1 Å². The molecule has 0 spiro atoms. The molecule has 5 heterocycles. The lowest BCUT2D eigenvalue weighted by Gasteiger charge is -2.33. The maximum absolute atomic E-state index is 13.3. The van der Waals surface area contributed by atoms with Crippen molar-refractivity contribution in [2.45, 2.75) is 150 Å². The van der Waals surface area contributed by atoms with Crippen molar-refractivity contribution in [1.82, 2.24) is 15.0 Å². The Balaban J connectivity index is 0.000000203. The van der Waals surface area contributed by atoms with Gasteiger partial charge in [0.25, 0.3) is 0 Å². The highest BCUT2D eigenvalue weighted by molar-refractivity contribution is 7.91. The molecule has 0 saturated carbocycles. The number of sulfone groups is 1. The molecule has 0 radical (unpaired) electrons. The summed E-state index contributed by atoms with van der Waals surface area (Å²) in [5.74, 6) is 0.619. The maximum atomic E-state index is 13.3. The molecule has 0 fully saturated rings. The Kier molecular flexibility index (Phi) is 30.7. The van der Waals surface area contributed by atoms with E-state index in [9.17, 15) is 8.42 Å². The molecule has 13 aromatic rings. The SMILES string of the molecule is CC.CC.CC.CC1c2cc(C(C)(C)C)ccc2S(=O)(=O)c2cccc(C(C)(C)C)c21.CC1c2ccccc2-c2ccccc21.Cc1cc2ccccc2c2ccccc12.Cc1cccc2ccccc12.Cc1ccncn1.c1ccncc1.c1ccoc1.c1ccsc1. The summed E-state index contributed by atoms with van der Waals surface area (Å²) in [6, 6.07) is 78.5. The standard InChI is InChI=1S/C22H28O2S.C15H12.C14H12.C11H10.C5H6N2.C5H5N.C4H4O.C4H4S.3C2H6/c1-14-16-13-15(21(2,3)4)11-12-18(16)25(23,24)19-10-8-9-17(20(14)19)22(5,6)7;1-11-10-12-6-2-3-8-14(12)15-9-5-4-7-13(11)15;1-10-11-6-2-4-8-13(11)14-9-5-3-7-12(10)14;1-9-5-4-7-10-6-2-3-8-11(9)10;1-5-2-3-6-4-7-5;1-2-4-6-5-3-1;2*1-2-4-5-3-1;3*1-2/h8-14H,1-7H3;2-10H,1H3;2-10H,1H3;2-8H,1H3;2-4H,1H3;1-5H;2*1-4H;3*1-2H3. The molecule has 0 amide bonds. The summed E-state index contributed by atoms with van der Waals surface area (Å²) in [6.07, 6.45) is 10.0. The van der Waals surface area contributed by atoms with E-state index in [1.54, 1.807) is 54.6 Å². The molecule has 8 heteroatoms. The Hall–Kier alpha value is -9.08. The third kappa shape index (κ3) is 21.0. The van der Waals surface area contributed by atoms with Crippen molar-refractivity contribution in [3.05, 3.63) is 329 Å². The van der Waals surface area contributed by atoms with Gasteiger partial charge in [-0.3, -0.25) is 4.98 Å². The molecular formula is C86H99N3O3S2. The van der Waals surface area contributed by atoms with E-state index < -0.39 is 9.84 Å². The number of thiophene rings is 1. The van der Waals surface area contributed by atoms with Gasteiger partial charge >= 0.3 is 0 Å². The van der Waals surface area contributed by atoms with Gasteiger partial charge in [-0.2, -0.15) is 11.3 Å². The van der Waals surface area contributed by atoms with Gasteiger partial charge in [-0.25, -0.2) is 18.4 Å². The minimum atomic E-state index is -3.48. The second-order valence-corrected chi connectivity index (χ2v) is 26.5. The van der Waals surface area contributed by atoms with Crippen molar-refractivity contribution < 1.29 is 12.8 Å². The van der Waals surface area contributed by atoms with E-state index in [4.69, 9.17) is 0 Å². The Morgan fingerprint density at radius 1 is 0.415 bits per heavy atom. The van der Waals surface area contributed by atoms with Crippen LogP contribution in [0.15, 0.2) is 293 Å². The second kappa shape index (κ2) is 38.2. The highest BCUT2D eigenvalue weighted by Gasteiger charge is 2.37. The summed E-state index contributed by atoms with van der Waals surface area (Å²) < 4.78 is 31.1. The van der Waals surface area contributed by atoms with Crippen LogP contribution in [0.2, 0.25) is 0 Å². The van der Waals surface area contributed by atoms with Gasteiger partial charge in [0.05, 0.1) is 22.3 Å². The van der Waals surface area contributed by atoms with Gasteiger partial charge in [-0.1, -0.05) is 285 Å². The predicted molar refractivity (Wildman–Crippen MR) is 406 cm³/mol. The van der Waals surface area contributed by atoms with Gasteiger partial charge in [0.2, 0.25) is 9.84 Å². The zero-order chi connectivity index (χ0) is 68.7. The van der Waals surface area contributed by atoms with E-state index in [-0.39, 0.29) is 16.7 Å². The average molecular weight is 1290 g/mol. The van der Waals surface area contributed by atoms with Crippen LogP contribution in [0.25, 0.3) is 43.4 Å². The molecule has 1 aliphatic heterocycles. The third-order valence-electron chi connectivity index (χ3n) is 15.5. The van der Waals surface area contributed by atoms with Crippen molar-refractivity contribution in [3.63, 3.8) is 0 Å². The van der Waals surface area contributed by atoms with Gasteiger partial charge in [-0.05, 0) is 173 Å². The summed E-state index contributed by atoms with van der Waals surface area (Å²) in [4.78, 5) is 12.3. The quantitative estimate of drug-likeness (QED) is 0.141. The number of furan rings is 1. The molecule has 0 N–H and O–H groups in total. The fraction of sp³-hybridized carbons (Fsp3) is 0.244. The van der Waals surface area contributed by atoms with Crippen LogP contribution >= 0.6 is 11.3 Å². The molecule has 9 aromatic carbocycles. The molecule has 0 saturated heterocycles. The normalized spacial score (nSPS) is 12.3. The zero-order valence-electron chi connectivity index (χ0n) is 58.6. The molecular weight excluding hydrogens is 1190 g/mol. The zero-order valence-corrected chi connectivity index (χ0v) is 60.2. The molecule has 15 rings (SSSR count). The number of aromatic nitrogens is 3. The number of rotatable bonds is 0. The molecule has 94 heavy (non-hydrogen) atoms. The molecule has 2 aliphatic rings. The van der Waals surface area contributed by atoms with Crippen LogP contribution in [0.4, 0.5) is 0 Å². The molecule has 488 valence electrons. The Bertz CT molecular complexity index is 4240. The van der Waals surface area contributed by atoms with Crippen LogP contribution in [0.5, 0.6) is 0 Å². The summed E-state index contributed by atoms with van der Waals surface area (Å²) in [6.45, 7) is 35.6. The van der Waals surface area contributed by atoms with Crippen molar-refractivity contribution in [2.75, 3.05) is 0 Å². The van der Waals surface area contributed by atoms with Crippen LogP contribution in [-0.2, 0) is 20.7 Å². The van der Waals surface area contributed by atoms with Gasteiger partial charge in [0.15, 0.2) is 0 Å². The number of pyridine rings is 1. The number of aryl methyl sites for hydroxylation is 3. The lowest BCUT2D eigenvalue weighted by molar-refractivity contribution is 0.560. The van der Waals surface area contributed by atoms with Gasteiger partial charge in [0.1, 0.15) is 6.33 Å². The molecule has 0 bridgehead atoms. The highest BCUT2D eigenvalue weighted by Crippen LogP contribution is 2.47. The number of fused-ring (bicyclic) bond motifs is 9. The minimum absolute atomic E-state index is 0.0116. The summed E-state index contributed by atoms with van der Waals surface area (Å²) >= 11 is 1.71. The fourth-order valence-electron chi connectivity index (χ4n) is 10.9. The van der Waals surface area contributed by atoms with Gasteiger partial charge in [0, 0.05) is 36.1 Å². The smallest absolute Gasteiger partial charge is 0.207 e. The lowest BCUT2D eigenvalue weighted by Crippen LogP contribution is -2.24. The van der Waals surface area contributed by atoms with E-state index in [2.05, 4.69) is 246 Å². The minimum Gasteiger partial charge on any atom is -0.473 e. The first kappa shape index (κ1) is 75.6. The van der Waals surface area contributed by atoms with E-state index in [0.717, 1.165) is 22.4 Å². The maximum Gasteiger partial charge on any atom is 0.207 e. The summed E-state index contributed by atoms with van der Waals surface area (Å²) in [5, 5.41) is 12.2. The Labute approximate surface area is 567 Å². The number of nitrogens with zero attached hydrogens (tertiary/aromatic N) is 3. The highest BCUT2D eigenvalue weighted by atomic mass is 32.2. The molecule has 1 unspecified atom stereocenters. The van der Waals surface area contributed by atoms with E-state index in [1.165, 1.54) is 77.6 Å². The van der Waals surface area contributed by atoms with Crippen molar-refractivity contribution >= 4 is 53.5 Å². The van der Waals surface area contributed by atoms with Crippen LogP contribution < -0.4 is 0 Å². The topological polar surface area (TPSA) is 86.0 Å². The monoisotopic (exact) mass is 1290 g/mol. The Morgan fingerprint density at radius 2 is 0.947 bits per heavy atom. The van der Waals surface area contributed by atoms with Crippen LogP contribution in [0.1, 0.15) is 159 Å². The molecule has 1 aliphatic carbocycles. The van der Waals surface area contributed by atoms with Crippen molar-refractivity contribution in [2.24, 2.45) is 0 Å². The largest absolute Gasteiger partial charge is 0.473 e. The Morgan fingerprint density at radius 3 is 1.43 bits per heavy atom. The van der Waals surface area contributed by atoms with Crippen LogP contribution in [-0.4, -0.2) is 23.4 Å². The van der Waals surface area contributed by atoms with Gasteiger partial charge in [-0.15, -0.1) is 0 Å². The van der Waals surface area contributed by atoms with Gasteiger partial charge < -0.3 is 4.42 Å². The number of hydrogen-bond acceptors (Lipinski definition) is 7. The van der Waals surface area contributed by atoms with E-state index in [1.807, 2.05) is 120 Å². The summed E-state index contributed by atoms with van der Waals surface area (Å²) in [5.41, 5.74) is 13.5. The predicted octanol–water partition coefficient (Wildman–Crippen LogP) is 24.8. The number of benzene rings is 9. The first-order valence-electron chi connectivity index (χ1n) is 32.9. The van der Waals surface area contributed by atoms with Crippen LogP contribution in [0, 0.1) is 20.8 Å². The number of hydrogen-bond donors (Lipinski definition) is 0. The average Bonchev–Trinajstić information content (AvgIpc) is 1.00. The van der Waals surface area contributed by atoms with Crippen molar-refractivity contribution in [1.29, 1.82) is 0 Å². The first-order chi connectivity index (χ1) is 45.4. The second-order valence-electron chi connectivity index (χ2n) is 23.8. The molecule has 1 atom stereocenters.